The van der Waals surface area contributed by atoms with E-state index in [0.717, 1.165) is 11.1 Å². The van der Waals surface area contributed by atoms with Gasteiger partial charge in [0.2, 0.25) is 5.56 Å². The summed E-state index contributed by atoms with van der Waals surface area (Å²) >= 11 is 0. The molecule has 0 saturated carbocycles. The Morgan fingerprint density at radius 2 is 1.50 bits per heavy atom. The monoisotopic (exact) mass is 318 g/mol. The molecule has 0 aliphatic carbocycles. The number of hydrogen-bond acceptors (Lipinski definition) is 3. The Morgan fingerprint density at radius 3 is 1.96 bits per heavy atom. The molecule has 0 radical (unpaired) electrons. The van der Waals surface area contributed by atoms with Gasteiger partial charge in [-0.1, -0.05) is 65.8 Å². The van der Waals surface area contributed by atoms with Crippen molar-refractivity contribution in [1.82, 2.24) is 4.98 Å². The van der Waals surface area contributed by atoms with Crippen LogP contribution in [0.3, 0.4) is 0 Å². The summed E-state index contributed by atoms with van der Waals surface area (Å²) < 4.78 is 0. The average molecular weight is 318 g/mol. The molecule has 2 N–H and O–H groups in total. The van der Waals surface area contributed by atoms with Crippen LogP contribution in [0.1, 0.15) is 29.0 Å². The predicted octanol–water partition coefficient (Wildman–Crippen LogP) is 3.78. The SMILES string of the molecule is O=c1ccc(C(CC(c2ccccc2)c2ccccc2)=NO)c[nH]1. The van der Waals surface area contributed by atoms with Crippen molar-refractivity contribution in [3.8, 4) is 0 Å². The van der Waals surface area contributed by atoms with Crippen molar-refractivity contribution in [2.45, 2.75) is 12.3 Å². The van der Waals surface area contributed by atoms with E-state index in [1.165, 1.54) is 6.07 Å². The van der Waals surface area contributed by atoms with Gasteiger partial charge in [-0.2, -0.15) is 0 Å². The fraction of sp³-hybridized carbons (Fsp3) is 0.100. The van der Waals surface area contributed by atoms with Crippen LogP contribution < -0.4 is 5.56 Å². The normalized spacial score (nSPS) is 11.6. The molecule has 0 aliphatic heterocycles. The third-order valence-electron chi connectivity index (χ3n) is 4.04. The first-order chi connectivity index (χ1) is 11.8. The molecule has 120 valence electrons. The van der Waals surface area contributed by atoms with E-state index in [2.05, 4.69) is 34.4 Å². The number of H-pyrrole nitrogens is 1. The maximum atomic E-state index is 11.2. The Labute approximate surface area is 140 Å². The Kier molecular flexibility index (Phi) is 4.87. The van der Waals surface area contributed by atoms with Crippen molar-refractivity contribution < 1.29 is 5.21 Å². The third kappa shape index (κ3) is 3.60. The molecule has 0 spiro atoms. The highest BCUT2D eigenvalue weighted by Gasteiger charge is 2.18. The molecule has 0 bridgehead atoms. The summed E-state index contributed by atoms with van der Waals surface area (Å²) in [6, 6.07) is 23.3. The first-order valence-corrected chi connectivity index (χ1v) is 7.78. The van der Waals surface area contributed by atoms with Crippen LogP contribution in [0.5, 0.6) is 0 Å². The lowest BCUT2D eigenvalue weighted by atomic mass is 9.86. The summed E-state index contributed by atoms with van der Waals surface area (Å²) in [7, 11) is 0. The molecule has 0 unspecified atom stereocenters. The molecule has 1 aromatic heterocycles. The Balaban J connectivity index is 1.97. The zero-order chi connectivity index (χ0) is 16.8. The Bertz CT molecular complexity index is 811. The van der Waals surface area contributed by atoms with Crippen molar-refractivity contribution in [2.75, 3.05) is 0 Å². The number of rotatable bonds is 5. The smallest absolute Gasteiger partial charge is 0.247 e. The Morgan fingerprint density at radius 1 is 0.917 bits per heavy atom. The van der Waals surface area contributed by atoms with Gasteiger partial charge in [-0.3, -0.25) is 4.79 Å². The highest BCUT2D eigenvalue weighted by atomic mass is 16.4. The highest BCUT2D eigenvalue weighted by molar-refractivity contribution is 6.00. The van der Waals surface area contributed by atoms with E-state index in [-0.39, 0.29) is 11.5 Å². The first-order valence-electron chi connectivity index (χ1n) is 7.78. The quantitative estimate of drug-likeness (QED) is 0.427. The molecule has 2 aromatic carbocycles. The molecule has 4 heteroatoms. The number of pyridine rings is 1. The topological polar surface area (TPSA) is 65.4 Å². The summed E-state index contributed by atoms with van der Waals surface area (Å²) in [6.07, 6.45) is 2.10. The zero-order valence-electron chi connectivity index (χ0n) is 13.1. The van der Waals surface area contributed by atoms with Crippen LogP contribution in [0.4, 0.5) is 0 Å². The van der Waals surface area contributed by atoms with Gasteiger partial charge >= 0.3 is 0 Å². The number of benzene rings is 2. The number of aromatic amines is 1. The summed E-state index contributed by atoms with van der Waals surface area (Å²) in [4.78, 5) is 13.9. The van der Waals surface area contributed by atoms with E-state index in [0.29, 0.717) is 17.7 Å². The first kappa shape index (κ1) is 15.7. The van der Waals surface area contributed by atoms with Crippen LogP contribution in [0, 0.1) is 0 Å². The number of nitrogens with one attached hydrogen (secondary N) is 1. The lowest BCUT2D eigenvalue weighted by molar-refractivity contribution is 0.317. The molecule has 0 atom stereocenters. The maximum absolute atomic E-state index is 11.2. The Hall–Kier alpha value is -3.14. The van der Waals surface area contributed by atoms with Gasteiger partial charge in [0.25, 0.3) is 0 Å². The molecule has 0 amide bonds. The summed E-state index contributed by atoms with van der Waals surface area (Å²) in [6.45, 7) is 0. The minimum Gasteiger partial charge on any atom is -0.411 e. The van der Waals surface area contributed by atoms with Gasteiger partial charge in [-0.05, 0) is 17.2 Å². The van der Waals surface area contributed by atoms with Crippen molar-refractivity contribution in [3.63, 3.8) is 0 Å². The van der Waals surface area contributed by atoms with Crippen LogP contribution in [-0.2, 0) is 0 Å². The molecule has 0 saturated heterocycles. The van der Waals surface area contributed by atoms with Crippen molar-refractivity contribution in [1.29, 1.82) is 0 Å². The van der Waals surface area contributed by atoms with E-state index in [9.17, 15) is 10.0 Å². The van der Waals surface area contributed by atoms with Gasteiger partial charge in [0.05, 0.1) is 5.71 Å². The number of aromatic nitrogens is 1. The fourth-order valence-corrected chi connectivity index (χ4v) is 2.80. The largest absolute Gasteiger partial charge is 0.411 e. The van der Waals surface area contributed by atoms with Gasteiger partial charge in [0.15, 0.2) is 0 Å². The number of oxime groups is 1. The highest BCUT2D eigenvalue weighted by Crippen LogP contribution is 2.29. The van der Waals surface area contributed by atoms with Gasteiger partial charge in [-0.25, -0.2) is 0 Å². The van der Waals surface area contributed by atoms with Crippen LogP contribution in [0.2, 0.25) is 0 Å². The minimum atomic E-state index is -0.182. The standard InChI is InChI=1S/C20H18N2O2/c23-20-12-11-17(14-21-20)19(22-24)13-18(15-7-3-1-4-8-15)16-9-5-2-6-10-16/h1-12,14,18,24H,13H2,(H,21,23). The van der Waals surface area contributed by atoms with E-state index in [1.54, 1.807) is 12.3 Å². The lowest BCUT2D eigenvalue weighted by Crippen LogP contribution is -2.12. The second kappa shape index (κ2) is 7.42. The number of nitrogens with zero attached hydrogens (tertiary/aromatic N) is 1. The van der Waals surface area contributed by atoms with Gasteiger partial charge in [0.1, 0.15) is 0 Å². The summed E-state index contributed by atoms with van der Waals surface area (Å²) in [5, 5.41) is 13.0. The van der Waals surface area contributed by atoms with Gasteiger partial charge < -0.3 is 10.2 Å². The minimum absolute atomic E-state index is 0.0604. The summed E-state index contributed by atoms with van der Waals surface area (Å²) in [5.74, 6) is 0.0604. The third-order valence-corrected chi connectivity index (χ3v) is 4.04. The lowest BCUT2D eigenvalue weighted by Gasteiger charge is -2.18. The van der Waals surface area contributed by atoms with Crippen molar-refractivity contribution >= 4 is 5.71 Å². The molecule has 0 fully saturated rings. The predicted molar refractivity (Wildman–Crippen MR) is 94.7 cm³/mol. The van der Waals surface area contributed by atoms with E-state index < -0.39 is 0 Å². The molecule has 3 rings (SSSR count). The fourth-order valence-electron chi connectivity index (χ4n) is 2.80. The van der Waals surface area contributed by atoms with Crippen molar-refractivity contribution in [3.05, 3.63) is 106 Å². The zero-order valence-corrected chi connectivity index (χ0v) is 13.1. The van der Waals surface area contributed by atoms with E-state index >= 15 is 0 Å². The summed E-state index contributed by atoms with van der Waals surface area (Å²) in [5.41, 5.74) is 3.35. The molecule has 0 aliphatic rings. The van der Waals surface area contributed by atoms with Crippen LogP contribution in [0.15, 0.2) is 88.9 Å². The molecular weight excluding hydrogens is 300 g/mol. The maximum Gasteiger partial charge on any atom is 0.247 e. The molecule has 4 nitrogen and oxygen atoms in total. The second-order valence-corrected chi connectivity index (χ2v) is 5.57. The number of hydrogen-bond donors (Lipinski definition) is 2. The average Bonchev–Trinajstić information content (AvgIpc) is 2.65. The van der Waals surface area contributed by atoms with Crippen molar-refractivity contribution in [2.24, 2.45) is 5.16 Å². The van der Waals surface area contributed by atoms with E-state index in [1.807, 2.05) is 36.4 Å². The van der Waals surface area contributed by atoms with Crippen LogP contribution in [-0.4, -0.2) is 15.9 Å². The van der Waals surface area contributed by atoms with Crippen LogP contribution >= 0.6 is 0 Å². The molecule has 24 heavy (non-hydrogen) atoms. The van der Waals surface area contributed by atoms with E-state index in [4.69, 9.17) is 0 Å². The molecule has 1 heterocycles. The van der Waals surface area contributed by atoms with Gasteiger partial charge in [0, 0.05) is 30.2 Å². The second-order valence-electron chi connectivity index (χ2n) is 5.57. The molecule has 3 aromatic rings. The van der Waals surface area contributed by atoms with Crippen LogP contribution in [0.25, 0.3) is 0 Å². The molecular formula is C20H18N2O2. The van der Waals surface area contributed by atoms with Gasteiger partial charge in [-0.15, -0.1) is 0 Å².